The van der Waals surface area contributed by atoms with Crippen molar-refractivity contribution in [3.63, 3.8) is 0 Å². The number of rotatable bonds is 7. The predicted molar refractivity (Wildman–Crippen MR) is 88.5 cm³/mol. The average molecular weight is 319 g/mol. The molecule has 7 heteroatoms. The van der Waals surface area contributed by atoms with E-state index in [1.165, 1.54) is 0 Å². The zero-order valence-corrected chi connectivity index (χ0v) is 13.9. The molecule has 2 heterocycles. The first-order valence-corrected chi connectivity index (χ1v) is 8.60. The van der Waals surface area contributed by atoms with Gasteiger partial charge in [0.25, 0.3) is 0 Å². The lowest BCUT2D eigenvalue weighted by molar-refractivity contribution is -0.123. The second-order valence-corrected chi connectivity index (χ2v) is 6.09. The molecule has 0 fully saturated rings. The smallest absolute Gasteiger partial charge is 0.223 e. The average Bonchev–Trinajstić information content (AvgIpc) is 2.96. The normalized spacial score (nSPS) is 12.1. The molecular weight excluding hydrogens is 298 g/mol. The van der Waals surface area contributed by atoms with E-state index >= 15 is 0 Å². The zero-order chi connectivity index (χ0) is 15.9. The number of aromatic nitrogens is 4. The van der Waals surface area contributed by atoms with Crippen LogP contribution in [0.1, 0.15) is 12.5 Å². The molecule has 1 unspecified atom stereocenters. The minimum absolute atomic E-state index is 0.0254. The Balaban J connectivity index is 1.88. The van der Waals surface area contributed by atoms with E-state index in [0.717, 1.165) is 22.7 Å². The molecule has 0 saturated carbocycles. The molecule has 6 nitrogen and oxygen atoms in total. The lowest BCUT2D eigenvalue weighted by atomic mass is 10.2. The highest BCUT2D eigenvalue weighted by atomic mass is 32.2. The first kappa shape index (κ1) is 16.5. The highest BCUT2D eigenvalue weighted by molar-refractivity contribution is 7.98. The number of thioether (sulfide) groups is 1. The Bertz CT molecular complexity index is 628. The van der Waals surface area contributed by atoms with Gasteiger partial charge in [0.05, 0.1) is 18.4 Å². The van der Waals surface area contributed by atoms with Gasteiger partial charge in [-0.05, 0) is 24.8 Å². The third-order valence-electron chi connectivity index (χ3n) is 3.30. The van der Waals surface area contributed by atoms with Gasteiger partial charge in [0, 0.05) is 24.4 Å². The van der Waals surface area contributed by atoms with Crippen molar-refractivity contribution in [2.75, 3.05) is 18.6 Å². The number of hydrogen-bond donors (Lipinski definition) is 1. The largest absolute Gasteiger partial charge is 0.354 e. The van der Waals surface area contributed by atoms with Crippen LogP contribution in [-0.2, 0) is 11.3 Å². The fourth-order valence-corrected chi connectivity index (χ4v) is 2.71. The Morgan fingerprint density at radius 3 is 3.05 bits per heavy atom. The van der Waals surface area contributed by atoms with Crippen molar-refractivity contribution < 1.29 is 4.79 Å². The van der Waals surface area contributed by atoms with Gasteiger partial charge in [0.15, 0.2) is 0 Å². The van der Waals surface area contributed by atoms with Crippen molar-refractivity contribution in [3.8, 4) is 11.4 Å². The van der Waals surface area contributed by atoms with Gasteiger partial charge in [-0.15, -0.1) is 5.10 Å². The Labute approximate surface area is 134 Å². The van der Waals surface area contributed by atoms with E-state index in [1.54, 1.807) is 22.6 Å². The molecular formula is C15H21N5OS. The van der Waals surface area contributed by atoms with Crippen molar-refractivity contribution in [2.45, 2.75) is 20.4 Å². The highest BCUT2D eigenvalue weighted by Gasteiger charge is 2.12. The number of carbonyl (C=O) groups excluding carboxylic acids is 1. The number of nitrogens with one attached hydrogen (secondary N) is 1. The quantitative estimate of drug-likeness (QED) is 0.842. The molecule has 118 valence electrons. The molecule has 0 aromatic carbocycles. The molecule has 2 rings (SSSR count). The van der Waals surface area contributed by atoms with Crippen LogP contribution in [0.4, 0.5) is 0 Å². The van der Waals surface area contributed by atoms with Crippen LogP contribution in [0.5, 0.6) is 0 Å². The number of pyridine rings is 1. The fraction of sp³-hybridized carbons (Fsp3) is 0.467. The van der Waals surface area contributed by atoms with Crippen LogP contribution in [0, 0.1) is 12.8 Å². The summed E-state index contributed by atoms with van der Waals surface area (Å²) in [6, 6.07) is 3.89. The topological polar surface area (TPSA) is 72.7 Å². The minimum atomic E-state index is 0.0254. The summed E-state index contributed by atoms with van der Waals surface area (Å²) >= 11 is 1.67. The Morgan fingerprint density at radius 2 is 2.32 bits per heavy atom. The maximum atomic E-state index is 11.8. The van der Waals surface area contributed by atoms with Gasteiger partial charge in [0.2, 0.25) is 5.91 Å². The van der Waals surface area contributed by atoms with Crippen molar-refractivity contribution in [1.29, 1.82) is 0 Å². The second-order valence-electron chi connectivity index (χ2n) is 5.18. The number of hydrogen-bond acceptors (Lipinski definition) is 5. The van der Waals surface area contributed by atoms with Gasteiger partial charge in [-0.1, -0.05) is 18.2 Å². The molecule has 1 atom stereocenters. The van der Waals surface area contributed by atoms with Gasteiger partial charge in [-0.3, -0.25) is 14.5 Å². The van der Waals surface area contributed by atoms with Crippen LogP contribution in [0.15, 0.2) is 24.5 Å². The third kappa shape index (κ3) is 4.30. The molecule has 2 aromatic heterocycles. The Kier molecular flexibility index (Phi) is 5.94. The van der Waals surface area contributed by atoms with Gasteiger partial charge in [0.1, 0.15) is 5.69 Å². The summed E-state index contributed by atoms with van der Waals surface area (Å²) in [6.07, 6.45) is 5.60. The molecule has 22 heavy (non-hydrogen) atoms. The van der Waals surface area contributed by atoms with Crippen LogP contribution in [0.3, 0.4) is 0 Å². The summed E-state index contributed by atoms with van der Waals surface area (Å²) in [6.45, 7) is 5.07. The van der Waals surface area contributed by atoms with E-state index in [1.807, 2.05) is 38.4 Å². The van der Waals surface area contributed by atoms with E-state index < -0.39 is 0 Å². The Hall–Kier alpha value is -1.89. The molecule has 1 N–H and O–H groups in total. The first-order valence-electron chi connectivity index (χ1n) is 7.20. The molecule has 0 saturated heterocycles. The highest BCUT2D eigenvalue weighted by Crippen LogP contribution is 2.16. The van der Waals surface area contributed by atoms with E-state index in [0.29, 0.717) is 13.1 Å². The van der Waals surface area contributed by atoms with Gasteiger partial charge in [-0.2, -0.15) is 11.8 Å². The second kappa shape index (κ2) is 7.93. The zero-order valence-electron chi connectivity index (χ0n) is 13.1. The number of nitrogens with zero attached hydrogens (tertiary/aromatic N) is 4. The summed E-state index contributed by atoms with van der Waals surface area (Å²) in [5.74, 6) is 0.936. The van der Waals surface area contributed by atoms with Crippen molar-refractivity contribution in [2.24, 2.45) is 5.92 Å². The maximum absolute atomic E-state index is 11.8. The summed E-state index contributed by atoms with van der Waals surface area (Å²) < 4.78 is 1.73. The van der Waals surface area contributed by atoms with E-state index in [2.05, 4.69) is 20.6 Å². The van der Waals surface area contributed by atoms with E-state index in [-0.39, 0.29) is 11.8 Å². The molecule has 1 amide bonds. The van der Waals surface area contributed by atoms with Crippen LogP contribution in [0.2, 0.25) is 0 Å². The van der Waals surface area contributed by atoms with Gasteiger partial charge >= 0.3 is 0 Å². The van der Waals surface area contributed by atoms with Gasteiger partial charge in [-0.25, -0.2) is 0 Å². The number of amides is 1. The number of carbonyl (C=O) groups is 1. The third-order valence-corrected chi connectivity index (χ3v) is 4.13. The molecule has 0 aliphatic heterocycles. The van der Waals surface area contributed by atoms with Crippen LogP contribution < -0.4 is 5.32 Å². The number of aryl methyl sites for hydroxylation is 1. The molecule has 0 radical (unpaired) electrons. The van der Waals surface area contributed by atoms with E-state index in [9.17, 15) is 4.79 Å². The maximum Gasteiger partial charge on any atom is 0.223 e. The first-order chi connectivity index (χ1) is 10.6. The van der Waals surface area contributed by atoms with Crippen molar-refractivity contribution >= 4 is 17.7 Å². The standard InChI is InChI=1S/C15H21N5OS/c1-11-5-4-6-16-14(11)13-9-20(19-18-13)8-7-17-15(21)12(2)10-22-3/h4-6,9,12H,7-8,10H2,1-3H3,(H,17,21). The SMILES string of the molecule is CSCC(C)C(=O)NCCn1cc(-c2ncccc2C)nn1. The Morgan fingerprint density at radius 1 is 1.50 bits per heavy atom. The predicted octanol–water partition coefficient (Wildman–Crippen LogP) is 1.76. The van der Waals surface area contributed by atoms with Crippen LogP contribution >= 0.6 is 11.8 Å². The molecule has 0 aliphatic rings. The van der Waals surface area contributed by atoms with Crippen molar-refractivity contribution in [1.82, 2.24) is 25.3 Å². The molecule has 0 bridgehead atoms. The summed E-state index contributed by atoms with van der Waals surface area (Å²) in [5.41, 5.74) is 2.65. The fourth-order valence-electron chi connectivity index (χ4n) is 2.06. The van der Waals surface area contributed by atoms with Crippen molar-refractivity contribution in [3.05, 3.63) is 30.1 Å². The van der Waals surface area contributed by atoms with Gasteiger partial charge < -0.3 is 5.32 Å². The molecule has 0 spiro atoms. The lowest BCUT2D eigenvalue weighted by Gasteiger charge is -2.10. The van der Waals surface area contributed by atoms with Crippen LogP contribution in [0.25, 0.3) is 11.4 Å². The monoisotopic (exact) mass is 319 g/mol. The summed E-state index contributed by atoms with van der Waals surface area (Å²) in [5, 5.41) is 11.1. The molecule has 2 aromatic rings. The van der Waals surface area contributed by atoms with E-state index in [4.69, 9.17) is 0 Å². The minimum Gasteiger partial charge on any atom is -0.354 e. The molecule has 0 aliphatic carbocycles. The summed E-state index contributed by atoms with van der Waals surface area (Å²) in [7, 11) is 0. The lowest BCUT2D eigenvalue weighted by Crippen LogP contribution is -2.32. The van der Waals surface area contributed by atoms with Crippen LogP contribution in [-0.4, -0.2) is 44.4 Å². The summed E-state index contributed by atoms with van der Waals surface area (Å²) in [4.78, 5) is 16.1.